The normalized spacial score (nSPS) is 14.3. The van der Waals surface area contributed by atoms with Crippen LogP contribution in [0.2, 0.25) is 4.34 Å². The van der Waals surface area contributed by atoms with Gasteiger partial charge in [0.25, 0.3) is 5.91 Å². The molecular weight excluding hydrogens is 378 g/mol. The number of halogens is 1. The maximum Gasteiger partial charge on any atom is 0.251 e. The van der Waals surface area contributed by atoms with Gasteiger partial charge in [0.05, 0.1) is 16.3 Å². The Morgan fingerprint density at radius 1 is 1.36 bits per heavy atom. The fourth-order valence-electron chi connectivity index (χ4n) is 3.09. The smallest absolute Gasteiger partial charge is 0.251 e. The number of anilines is 1. The molecule has 5 nitrogen and oxygen atoms in total. The third-order valence-corrected chi connectivity index (χ3v) is 6.50. The third-order valence-electron chi connectivity index (χ3n) is 4.14. The molecule has 0 fully saturated rings. The Balaban J connectivity index is 1.79. The molecular formula is C17H20ClN3O2S2. The molecule has 2 amide bonds. The Kier molecular flexibility index (Phi) is 5.78. The SMILES string of the molecule is CCCN1CCc2c(sc(NC(=O)Cc3ccc(Cl)s3)c2C(N)=O)C1. The van der Waals surface area contributed by atoms with E-state index in [0.29, 0.717) is 14.9 Å². The van der Waals surface area contributed by atoms with Crippen molar-refractivity contribution in [1.82, 2.24) is 4.90 Å². The van der Waals surface area contributed by atoms with Crippen LogP contribution < -0.4 is 11.1 Å². The fourth-order valence-corrected chi connectivity index (χ4v) is 5.49. The van der Waals surface area contributed by atoms with Gasteiger partial charge in [0.2, 0.25) is 5.91 Å². The summed E-state index contributed by atoms with van der Waals surface area (Å²) in [4.78, 5) is 28.7. The van der Waals surface area contributed by atoms with Crippen LogP contribution in [0.1, 0.15) is 39.0 Å². The highest BCUT2D eigenvalue weighted by molar-refractivity contribution is 7.17. The molecule has 1 aliphatic heterocycles. The van der Waals surface area contributed by atoms with E-state index < -0.39 is 5.91 Å². The molecule has 0 atom stereocenters. The highest BCUT2D eigenvalue weighted by Crippen LogP contribution is 2.37. The number of rotatable bonds is 6. The summed E-state index contributed by atoms with van der Waals surface area (Å²) in [7, 11) is 0. The molecule has 0 aliphatic carbocycles. The molecule has 3 N–H and O–H groups in total. The quantitative estimate of drug-likeness (QED) is 0.783. The summed E-state index contributed by atoms with van der Waals surface area (Å²) in [6.07, 6.45) is 2.12. The first-order valence-electron chi connectivity index (χ1n) is 8.18. The maximum absolute atomic E-state index is 12.3. The van der Waals surface area contributed by atoms with Gasteiger partial charge in [-0.15, -0.1) is 22.7 Å². The molecule has 2 aromatic heterocycles. The Morgan fingerprint density at radius 3 is 2.80 bits per heavy atom. The molecule has 3 heterocycles. The van der Waals surface area contributed by atoms with Gasteiger partial charge in [-0.3, -0.25) is 14.5 Å². The molecule has 0 saturated carbocycles. The Morgan fingerprint density at radius 2 is 2.16 bits per heavy atom. The third kappa shape index (κ3) is 4.23. The molecule has 0 spiro atoms. The van der Waals surface area contributed by atoms with Gasteiger partial charge in [0.1, 0.15) is 5.00 Å². The predicted molar refractivity (Wildman–Crippen MR) is 104 cm³/mol. The van der Waals surface area contributed by atoms with Gasteiger partial charge < -0.3 is 11.1 Å². The van der Waals surface area contributed by atoms with Crippen LogP contribution in [0.25, 0.3) is 0 Å². The number of fused-ring (bicyclic) bond motifs is 1. The van der Waals surface area contributed by atoms with Crippen LogP contribution in [-0.4, -0.2) is 29.8 Å². The zero-order valence-electron chi connectivity index (χ0n) is 13.9. The molecule has 2 aromatic rings. The number of amides is 2. The summed E-state index contributed by atoms with van der Waals surface area (Å²) in [5.41, 5.74) is 7.08. The Hall–Kier alpha value is -1.41. The second-order valence-electron chi connectivity index (χ2n) is 6.03. The highest BCUT2D eigenvalue weighted by atomic mass is 35.5. The summed E-state index contributed by atoms with van der Waals surface area (Å²) in [5, 5.41) is 3.45. The van der Waals surface area contributed by atoms with Crippen molar-refractivity contribution < 1.29 is 9.59 Å². The largest absolute Gasteiger partial charge is 0.365 e. The van der Waals surface area contributed by atoms with Crippen molar-refractivity contribution in [2.24, 2.45) is 5.73 Å². The summed E-state index contributed by atoms with van der Waals surface area (Å²) >= 11 is 8.75. The summed E-state index contributed by atoms with van der Waals surface area (Å²) in [6, 6.07) is 3.61. The molecule has 0 aromatic carbocycles. The number of nitrogens with zero attached hydrogens (tertiary/aromatic N) is 1. The lowest BCUT2D eigenvalue weighted by Gasteiger charge is -2.26. The number of carbonyl (C=O) groups excluding carboxylic acids is 2. The van der Waals surface area contributed by atoms with E-state index in [1.54, 1.807) is 6.07 Å². The van der Waals surface area contributed by atoms with Gasteiger partial charge in [0.15, 0.2) is 0 Å². The van der Waals surface area contributed by atoms with E-state index in [1.807, 2.05) is 6.07 Å². The highest BCUT2D eigenvalue weighted by Gasteiger charge is 2.27. The van der Waals surface area contributed by atoms with Crippen molar-refractivity contribution in [3.8, 4) is 0 Å². The molecule has 0 radical (unpaired) electrons. The van der Waals surface area contributed by atoms with Crippen molar-refractivity contribution in [3.05, 3.63) is 37.4 Å². The van der Waals surface area contributed by atoms with E-state index in [9.17, 15) is 9.59 Å². The minimum absolute atomic E-state index is 0.162. The van der Waals surface area contributed by atoms with Crippen LogP contribution in [0.5, 0.6) is 0 Å². The topological polar surface area (TPSA) is 75.4 Å². The van der Waals surface area contributed by atoms with Crippen LogP contribution in [-0.2, 0) is 24.2 Å². The Bertz CT molecular complexity index is 800. The van der Waals surface area contributed by atoms with Gasteiger partial charge in [0, 0.05) is 22.8 Å². The summed E-state index contributed by atoms with van der Waals surface area (Å²) in [5.74, 6) is -0.638. The van der Waals surface area contributed by atoms with Crippen molar-refractivity contribution >= 4 is 51.1 Å². The first kappa shape index (κ1) is 18.4. The monoisotopic (exact) mass is 397 g/mol. The van der Waals surface area contributed by atoms with Crippen LogP contribution in [0.4, 0.5) is 5.00 Å². The molecule has 25 heavy (non-hydrogen) atoms. The van der Waals surface area contributed by atoms with Gasteiger partial charge in [-0.1, -0.05) is 18.5 Å². The minimum atomic E-state index is -0.476. The molecule has 134 valence electrons. The van der Waals surface area contributed by atoms with Crippen molar-refractivity contribution in [2.75, 3.05) is 18.4 Å². The standard InChI is InChI=1S/C17H20ClN3O2S2/c1-2-6-21-7-5-11-12(9-21)25-17(15(11)16(19)23)20-14(22)8-10-3-4-13(18)24-10/h3-4H,2,5-9H2,1H3,(H2,19,23)(H,20,22). The first-order valence-corrected chi connectivity index (χ1v) is 10.2. The average Bonchev–Trinajstić information content (AvgIpc) is 3.10. The summed E-state index contributed by atoms with van der Waals surface area (Å²) < 4.78 is 0.656. The molecule has 0 bridgehead atoms. The number of nitrogens with one attached hydrogen (secondary N) is 1. The van der Waals surface area contributed by atoms with Crippen molar-refractivity contribution in [2.45, 2.75) is 32.7 Å². The second kappa shape index (κ2) is 7.86. The second-order valence-corrected chi connectivity index (χ2v) is 8.93. The number of carbonyl (C=O) groups is 2. The average molecular weight is 398 g/mol. The first-order chi connectivity index (χ1) is 12.0. The van der Waals surface area contributed by atoms with Gasteiger partial charge in [-0.25, -0.2) is 0 Å². The van der Waals surface area contributed by atoms with Gasteiger partial charge in [-0.05, 0) is 37.1 Å². The molecule has 0 unspecified atom stereocenters. The van der Waals surface area contributed by atoms with E-state index in [0.717, 1.165) is 47.8 Å². The number of primary amides is 1. The van der Waals surface area contributed by atoms with E-state index in [-0.39, 0.29) is 12.3 Å². The van der Waals surface area contributed by atoms with E-state index in [1.165, 1.54) is 22.7 Å². The van der Waals surface area contributed by atoms with Crippen LogP contribution >= 0.6 is 34.3 Å². The van der Waals surface area contributed by atoms with Crippen molar-refractivity contribution in [1.29, 1.82) is 0 Å². The van der Waals surface area contributed by atoms with Gasteiger partial charge >= 0.3 is 0 Å². The maximum atomic E-state index is 12.3. The number of nitrogens with two attached hydrogens (primary N) is 1. The predicted octanol–water partition coefficient (Wildman–Crippen LogP) is 3.51. The number of hydrogen-bond donors (Lipinski definition) is 2. The lowest BCUT2D eigenvalue weighted by molar-refractivity contribution is -0.115. The molecule has 0 saturated heterocycles. The van der Waals surface area contributed by atoms with E-state index in [2.05, 4.69) is 17.1 Å². The van der Waals surface area contributed by atoms with Crippen LogP contribution in [0, 0.1) is 0 Å². The molecule has 8 heteroatoms. The molecule has 1 aliphatic rings. The van der Waals surface area contributed by atoms with E-state index in [4.69, 9.17) is 17.3 Å². The zero-order chi connectivity index (χ0) is 18.0. The van der Waals surface area contributed by atoms with Crippen LogP contribution in [0.15, 0.2) is 12.1 Å². The van der Waals surface area contributed by atoms with Crippen molar-refractivity contribution in [3.63, 3.8) is 0 Å². The van der Waals surface area contributed by atoms with Gasteiger partial charge in [-0.2, -0.15) is 0 Å². The van der Waals surface area contributed by atoms with E-state index >= 15 is 0 Å². The summed E-state index contributed by atoms with van der Waals surface area (Å²) in [6.45, 7) is 4.91. The lowest BCUT2D eigenvalue weighted by Crippen LogP contribution is -2.31. The number of hydrogen-bond acceptors (Lipinski definition) is 5. The molecule has 3 rings (SSSR count). The van der Waals surface area contributed by atoms with Crippen LogP contribution in [0.3, 0.4) is 0 Å². The minimum Gasteiger partial charge on any atom is -0.365 e. The zero-order valence-corrected chi connectivity index (χ0v) is 16.3. The number of thiophene rings is 2. The Labute approximate surface area is 159 Å². The fraction of sp³-hybridized carbons (Fsp3) is 0.412. The lowest BCUT2D eigenvalue weighted by atomic mass is 10.0.